The number of sulfonamides is 1. The first kappa shape index (κ1) is 23.4. The van der Waals surface area contributed by atoms with Crippen LogP contribution in [0.5, 0.6) is 5.75 Å². The minimum absolute atomic E-state index is 0.0690. The molecule has 0 saturated heterocycles. The molecule has 3 rings (SSSR count). The zero-order chi connectivity index (χ0) is 22.6. The van der Waals surface area contributed by atoms with Crippen LogP contribution in [-0.2, 0) is 10.0 Å². The molecule has 0 atom stereocenters. The highest BCUT2D eigenvalue weighted by molar-refractivity contribution is 7.92. The van der Waals surface area contributed by atoms with Gasteiger partial charge in [-0.15, -0.1) is 0 Å². The van der Waals surface area contributed by atoms with Crippen LogP contribution in [0.3, 0.4) is 0 Å². The van der Waals surface area contributed by atoms with Gasteiger partial charge in [0.2, 0.25) is 0 Å². The summed E-state index contributed by atoms with van der Waals surface area (Å²) in [7, 11) is -2.27. The third-order valence-corrected chi connectivity index (χ3v) is 6.58. The fourth-order valence-electron chi connectivity index (χ4n) is 2.55. The molecule has 0 aliphatic heterocycles. The van der Waals surface area contributed by atoms with Crippen LogP contribution < -0.4 is 20.1 Å². The monoisotopic (exact) mass is 515 g/mol. The molecule has 11 heteroatoms. The lowest BCUT2D eigenvalue weighted by molar-refractivity contribution is 0.417. The molecule has 0 spiro atoms. The van der Waals surface area contributed by atoms with Crippen molar-refractivity contribution >= 4 is 79.2 Å². The highest BCUT2D eigenvalue weighted by Crippen LogP contribution is 2.28. The Bertz CT molecular complexity index is 1220. The molecule has 0 saturated carbocycles. The SMILES string of the molecule is COc1ccc(Cl)cc1NC(=S)Nc1ccc(S(=O)(=O)Nc2ccc(Cl)c(Cl)c2)cc1. The van der Waals surface area contributed by atoms with Crippen molar-refractivity contribution in [2.75, 3.05) is 22.5 Å². The third-order valence-electron chi connectivity index (χ3n) is 4.00. The Hall–Kier alpha value is -2.23. The number of ether oxygens (including phenoxy) is 1. The van der Waals surface area contributed by atoms with Gasteiger partial charge >= 0.3 is 0 Å². The number of hydrogen-bond donors (Lipinski definition) is 3. The average Bonchev–Trinajstić information content (AvgIpc) is 2.71. The van der Waals surface area contributed by atoms with Crippen LogP contribution >= 0.6 is 47.0 Å². The molecule has 0 amide bonds. The molecule has 0 fully saturated rings. The molecule has 0 aliphatic carbocycles. The van der Waals surface area contributed by atoms with Crippen molar-refractivity contribution in [3.63, 3.8) is 0 Å². The van der Waals surface area contributed by atoms with Crippen molar-refractivity contribution in [2.24, 2.45) is 0 Å². The van der Waals surface area contributed by atoms with Crippen LogP contribution in [0.25, 0.3) is 0 Å². The van der Waals surface area contributed by atoms with Gasteiger partial charge < -0.3 is 15.4 Å². The maximum Gasteiger partial charge on any atom is 0.261 e. The second-order valence-electron chi connectivity index (χ2n) is 6.18. The van der Waals surface area contributed by atoms with Gasteiger partial charge in [0.15, 0.2) is 5.11 Å². The standard InChI is InChI=1S/C20H16Cl3N3O3S2/c1-29-19-9-2-12(21)10-18(19)25-20(30)24-13-3-6-15(7-4-13)31(27,28)26-14-5-8-16(22)17(23)11-14/h2-11,26H,1H3,(H2,24,25,30). The summed E-state index contributed by atoms with van der Waals surface area (Å²) in [5.74, 6) is 0.573. The Kier molecular flexibility index (Phi) is 7.51. The van der Waals surface area contributed by atoms with Gasteiger partial charge in [0.1, 0.15) is 5.75 Å². The Morgan fingerprint density at radius 3 is 2.19 bits per heavy atom. The second-order valence-corrected chi connectivity index (χ2v) is 9.52. The van der Waals surface area contributed by atoms with E-state index in [2.05, 4.69) is 15.4 Å². The fraction of sp³-hybridized carbons (Fsp3) is 0.0500. The maximum absolute atomic E-state index is 12.6. The van der Waals surface area contributed by atoms with Gasteiger partial charge in [0.05, 0.1) is 33.4 Å². The van der Waals surface area contributed by atoms with Gasteiger partial charge in [-0.1, -0.05) is 34.8 Å². The summed E-state index contributed by atoms with van der Waals surface area (Å²) in [4.78, 5) is 0.0690. The third kappa shape index (κ3) is 6.15. The lowest BCUT2D eigenvalue weighted by Gasteiger charge is -2.14. The van der Waals surface area contributed by atoms with Crippen molar-refractivity contribution in [2.45, 2.75) is 4.90 Å². The van der Waals surface area contributed by atoms with Gasteiger partial charge in [-0.2, -0.15) is 0 Å². The number of thiocarbonyl (C=S) groups is 1. The van der Waals surface area contributed by atoms with E-state index in [1.165, 1.54) is 37.4 Å². The van der Waals surface area contributed by atoms with Crippen LogP contribution in [-0.4, -0.2) is 20.6 Å². The largest absolute Gasteiger partial charge is 0.495 e. The van der Waals surface area contributed by atoms with E-state index in [0.717, 1.165) is 0 Å². The van der Waals surface area contributed by atoms with E-state index >= 15 is 0 Å². The van der Waals surface area contributed by atoms with Crippen molar-refractivity contribution in [3.8, 4) is 5.75 Å². The van der Waals surface area contributed by atoms with E-state index in [9.17, 15) is 8.42 Å². The van der Waals surface area contributed by atoms with Gasteiger partial charge in [-0.25, -0.2) is 8.42 Å². The number of nitrogens with one attached hydrogen (secondary N) is 3. The minimum atomic E-state index is -3.81. The predicted molar refractivity (Wildman–Crippen MR) is 132 cm³/mol. The van der Waals surface area contributed by atoms with Crippen LogP contribution in [0.1, 0.15) is 0 Å². The van der Waals surface area contributed by atoms with Crippen LogP contribution in [0.15, 0.2) is 65.6 Å². The van der Waals surface area contributed by atoms with Crippen molar-refractivity contribution in [3.05, 3.63) is 75.7 Å². The molecule has 31 heavy (non-hydrogen) atoms. The molecule has 0 unspecified atom stereocenters. The Morgan fingerprint density at radius 1 is 0.871 bits per heavy atom. The topological polar surface area (TPSA) is 79.5 Å². The first-order valence-corrected chi connectivity index (χ1v) is 11.7. The molecule has 0 heterocycles. The summed E-state index contributed by atoms with van der Waals surface area (Å²) >= 11 is 23.1. The highest BCUT2D eigenvalue weighted by Gasteiger charge is 2.15. The Morgan fingerprint density at radius 2 is 1.55 bits per heavy atom. The minimum Gasteiger partial charge on any atom is -0.495 e. The Balaban J connectivity index is 1.68. The zero-order valence-electron chi connectivity index (χ0n) is 15.9. The first-order chi connectivity index (χ1) is 14.7. The van der Waals surface area contributed by atoms with E-state index < -0.39 is 10.0 Å². The number of anilines is 3. The van der Waals surface area contributed by atoms with E-state index in [-0.39, 0.29) is 15.0 Å². The van der Waals surface area contributed by atoms with E-state index in [0.29, 0.717) is 32.9 Å². The number of hydrogen-bond acceptors (Lipinski definition) is 4. The molecule has 3 aromatic rings. The molecule has 6 nitrogen and oxygen atoms in total. The molecular weight excluding hydrogens is 501 g/mol. The van der Waals surface area contributed by atoms with Crippen LogP contribution in [0, 0.1) is 0 Å². The maximum atomic E-state index is 12.6. The fourth-order valence-corrected chi connectivity index (χ4v) is 4.30. The summed E-state index contributed by atoms with van der Waals surface area (Å²) < 4.78 is 32.9. The normalized spacial score (nSPS) is 11.0. The molecule has 3 N–H and O–H groups in total. The first-order valence-electron chi connectivity index (χ1n) is 8.67. The van der Waals surface area contributed by atoms with Crippen LogP contribution in [0.4, 0.5) is 17.1 Å². The van der Waals surface area contributed by atoms with Gasteiger partial charge in [0.25, 0.3) is 10.0 Å². The van der Waals surface area contributed by atoms with Gasteiger partial charge in [-0.05, 0) is 72.9 Å². The lowest BCUT2D eigenvalue weighted by atomic mass is 10.3. The summed E-state index contributed by atoms with van der Waals surface area (Å²) in [6.07, 6.45) is 0. The van der Waals surface area contributed by atoms with Crippen LogP contribution in [0.2, 0.25) is 15.1 Å². The van der Waals surface area contributed by atoms with E-state index in [4.69, 9.17) is 51.8 Å². The number of benzene rings is 3. The van der Waals surface area contributed by atoms with Crippen molar-refractivity contribution < 1.29 is 13.2 Å². The van der Waals surface area contributed by atoms with Gasteiger partial charge in [-0.3, -0.25) is 4.72 Å². The van der Waals surface area contributed by atoms with Crippen molar-refractivity contribution in [1.29, 1.82) is 0 Å². The van der Waals surface area contributed by atoms with Crippen molar-refractivity contribution in [1.82, 2.24) is 0 Å². The summed E-state index contributed by atoms with van der Waals surface area (Å²) in [5.41, 5.74) is 1.49. The molecule has 0 aliphatic rings. The second kappa shape index (κ2) is 9.93. The highest BCUT2D eigenvalue weighted by atomic mass is 35.5. The quantitative estimate of drug-likeness (QED) is 0.335. The van der Waals surface area contributed by atoms with Gasteiger partial charge in [0, 0.05) is 10.7 Å². The number of halogens is 3. The lowest BCUT2D eigenvalue weighted by Crippen LogP contribution is -2.19. The summed E-state index contributed by atoms with van der Waals surface area (Å²) in [6, 6.07) is 15.6. The molecular formula is C20H16Cl3N3O3S2. The summed E-state index contributed by atoms with van der Waals surface area (Å²) in [6.45, 7) is 0. The summed E-state index contributed by atoms with van der Waals surface area (Å²) in [5, 5.41) is 7.36. The van der Waals surface area contributed by atoms with E-state index in [1.54, 1.807) is 30.3 Å². The molecule has 0 radical (unpaired) electrons. The zero-order valence-corrected chi connectivity index (χ0v) is 19.8. The molecule has 162 valence electrons. The molecule has 0 aromatic heterocycles. The van der Waals surface area contributed by atoms with E-state index in [1.807, 2.05) is 0 Å². The average molecular weight is 517 g/mol. The Labute approximate surface area is 200 Å². The smallest absolute Gasteiger partial charge is 0.261 e. The molecule has 0 bridgehead atoms. The number of methoxy groups -OCH3 is 1. The number of rotatable bonds is 6. The predicted octanol–water partition coefficient (Wildman–Crippen LogP) is 6.27. The molecule has 3 aromatic carbocycles.